The Morgan fingerprint density at radius 3 is 2.46 bits per heavy atom. The molecule has 0 bridgehead atoms. The van der Waals surface area contributed by atoms with Crippen molar-refractivity contribution in [1.82, 2.24) is 15.5 Å². The highest BCUT2D eigenvalue weighted by atomic mass is 16.6. The van der Waals surface area contributed by atoms with Gasteiger partial charge in [0.15, 0.2) is 0 Å². The molecule has 0 saturated carbocycles. The van der Waals surface area contributed by atoms with Gasteiger partial charge in [0.25, 0.3) is 0 Å². The second kappa shape index (κ2) is 9.46. The fourth-order valence-corrected chi connectivity index (χ4v) is 2.44. The van der Waals surface area contributed by atoms with Crippen LogP contribution in [-0.2, 0) is 19.1 Å². The van der Waals surface area contributed by atoms with Gasteiger partial charge in [-0.25, -0.2) is 4.79 Å². The normalized spacial score (nSPS) is 18.0. The highest BCUT2D eigenvalue weighted by molar-refractivity contribution is 5.81. The number of carbonyl (C=O) groups is 3. The Morgan fingerprint density at radius 1 is 1.17 bits per heavy atom. The minimum atomic E-state index is -0.548. The molecule has 8 nitrogen and oxygen atoms in total. The number of likely N-dealkylation sites (tertiary alicyclic amines) is 1. The van der Waals surface area contributed by atoms with E-state index in [9.17, 15) is 14.4 Å². The zero-order valence-corrected chi connectivity index (χ0v) is 15.0. The smallest absolute Gasteiger partial charge is 0.407 e. The number of piperidine rings is 1. The first-order chi connectivity index (χ1) is 11.2. The minimum absolute atomic E-state index is 0.0359. The summed E-state index contributed by atoms with van der Waals surface area (Å²) in [5, 5.41) is 5.37. The number of nitrogens with one attached hydrogen (secondary N) is 2. The van der Waals surface area contributed by atoms with Crippen molar-refractivity contribution in [3.05, 3.63) is 0 Å². The summed E-state index contributed by atoms with van der Waals surface area (Å²) in [7, 11) is 1.48. The predicted molar refractivity (Wildman–Crippen MR) is 88.4 cm³/mol. The van der Waals surface area contributed by atoms with Crippen molar-refractivity contribution >= 4 is 17.9 Å². The van der Waals surface area contributed by atoms with Crippen molar-refractivity contribution in [2.75, 3.05) is 39.9 Å². The van der Waals surface area contributed by atoms with Gasteiger partial charge in [-0.15, -0.1) is 0 Å². The van der Waals surface area contributed by atoms with E-state index in [1.54, 1.807) is 25.7 Å². The standard InChI is InChI=1S/C16H29N3O5/c1-16(2,3)24-15(22)18-8-7-17-14(21)12-6-5-9-19(10-12)13(20)11-23-4/h12H,5-11H2,1-4H3,(H,17,21)(H,18,22)/t12-/m1/s1. The third-order valence-corrected chi connectivity index (χ3v) is 3.51. The lowest BCUT2D eigenvalue weighted by atomic mass is 9.97. The van der Waals surface area contributed by atoms with Gasteiger partial charge in [0, 0.05) is 33.3 Å². The Morgan fingerprint density at radius 2 is 1.83 bits per heavy atom. The molecule has 1 aliphatic rings. The number of ether oxygens (including phenoxy) is 2. The van der Waals surface area contributed by atoms with Crippen LogP contribution in [-0.4, -0.2) is 68.3 Å². The van der Waals surface area contributed by atoms with Crippen LogP contribution < -0.4 is 10.6 Å². The molecule has 1 fully saturated rings. The van der Waals surface area contributed by atoms with E-state index in [4.69, 9.17) is 9.47 Å². The third-order valence-electron chi connectivity index (χ3n) is 3.51. The molecule has 0 radical (unpaired) electrons. The fraction of sp³-hybridized carbons (Fsp3) is 0.812. The molecule has 0 aromatic heterocycles. The van der Waals surface area contributed by atoms with Crippen LogP contribution in [0.3, 0.4) is 0 Å². The number of hydrogen-bond acceptors (Lipinski definition) is 5. The molecule has 0 unspecified atom stereocenters. The molecular formula is C16H29N3O5. The van der Waals surface area contributed by atoms with E-state index in [2.05, 4.69) is 10.6 Å². The van der Waals surface area contributed by atoms with E-state index >= 15 is 0 Å². The quantitative estimate of drug-likeness (QED) is 0.685. The van der Waals surface area contributed by atoms with Crippen LogP contribution in [0.5, 0.6) is 0 Å². The summed E-state index contributed by atoms with van der Waals surface area (Å²) >= 11 is 0. The fourth-order valence-electron chi connectivity index (χ4n) is 2.44. The average Bonchev–Trinajstić information content (AvgIpc) is 2.50. The van der Waals surface area contributed by atoms with Gasteiger partial charge in [-0.3, -0.25) is 9.59 Å². The van der Waals surface area contributed by atoms with Crippen molar-refractivity contribution in [2.24, 2.45) is 5.92 Å². The Hall–Kier alpha value is -1.83. The van der Waals surface area contributed by atoms with Gasteiger partial charge in [0.2, 0.25) is 11.8 Å². The molecule has 1 atom stereocenters. The van der Waals surface area contributed by atoms with Crippen LogP contribution >= 0.6 is 0 Å². The first-order valence-electron chi connectivity index (χ1n) is 8.24. The van der Waals surface area contributed by atoms with Crippen molar-refractivity contribution in [3.8, 4) is 0 Å². The molecule has 138 valence electrons. The maximum atomic E-state index is 12.2. The number of alkyl carbamates (subject to hydrolysis) is 1. The Balaban J connectivity index is 2.27. The Kier molecular flexibility index (Phi) is 7.97. The van der Waals surface area contributed by atoms with Crippen molar-refractivity contribution in [1.29, 1.82) is 0 Å². The van der Waals surface area contributed by atoms with Crippen molar-refractivity contribution in [2.45, 2.75) is 39.2 Å². The second-order valence-corrected chi connectivity index (χ2v) is 6.83. The largest absolute Gasteiger partial charge is 0.444 e. The number of nitrogens with zero attached hydrogens (tertiary/aromatic N) is 1. The summed E-state index contributed by atoms with van der Waals surface area (Å²) in [6.45, 7) is 7.07. The summed E-state index contributed by atoms with van der Waals surface area (Å²) in [6, 6.07) is 0. The first kappa shape index (κ1) is 20.2. The summed E-state index contributed by atoms with van der Waals surface area (Å²) in [5.74, 6) is -0.418. The molecule has 1 heterocycles. The zero-order valence-electron chi connectivity index (χ0n) is 15.0. The maximum absolute atomic E-state index is 12.2. The van der Waals surface area contributed by atoms with Crippen LogP contribution in [0.4, 0.5) is 4.79 Å². The maximum Gasteiger partial charge on any atom is 0.407 e. The summed E-state index contributed by atoms with van der Waals surface area (Å²) in [4.78, 5) is 37.1. The molecular weight excluding hydrogens is 314 g/mol. The molecule has 1 saturated heterocycles. The van der Waals surface area contributed by atoms with Gasteiger partial charge in [-0.05, 0) is 33.6 Å². The lowest BCUT2D eigenvalue weighted by molar-refractivity contribution is -0.138. The molecule has 0 aliphatic carbocycles. The van der Waals surface area contributed by atoms with Crippen molar-refractivity contribution in [3.63, 3.8) is 0 Å². The molecule has 1 aliphatic heterocycles. The van der Waals surface area contributed by atoms with E-state index in [0.717, 1.165) is 12.8 Å². The lowest BCUT2D eigenvalue weighted by Gasteiger charge is -2.32. The van der Waals surface area contributed by atoms with Crippen LogP contribution in [0.2, 0.25) is 0 Å². The molecule has 8 heteroatoms. The number of hydrogen-bond donors (Lipinski definition) is 2. The van der Waals surface area contributed by atoms with Crippen LogP contribution in [0.1, 0.15) is 33.6 Å². The molecule has 3 amide bonds. The van der Waals surface area contributed by atoms with E-state index in [1.165, 1.54) is 7.11 Å². The third kappa shape index (κ3) is 7.63. The summed E-state index contributed by atoms with van der Waals surface area (Å²) in [6.07, 6.45) is 1.04. The van der Waals surface area contributed by atoms with Gasteiger partial charge < -0.3 is 25.0 Å². The minimum Gasteiger partial charge on any atom is -0.444 e. The Bertz CT molecular complexity index is 447. The number of amides is 3. The van der Waals surface area contributed by atoms with E-state index in [0.29, 0.717) is 26.2 Å². The number of methoxy groups -OCH3 is 1. The molecule has 0 spiro atoms. The number of rotatable bonds is 6. The van der Waals surface area contributed by atoms with E-state index in [1.807, 2.05) is 0 Å². The molecule has 24 heavy (non-hydrogen) atoms. The molecule has 0 aromatic carbocycles. The topological polar surface area (TPSA) is 97.0 Å². The summed E-state index contributed by atoms with van der Waals surface area (Å²) < 4.78 is 9.95. The monoisotopic (exact) mass is 343 g/mol. The highest BCUT2D eigenvalue weighted by Gasteiger charge is 2.28. The first-order valence-corrected chi connectivity index (χ1v) is 8.24. The molecule has 0 aromatic rings. The predicted octanol–water partition coefficient (Wildman–Crippen LogP) is 0.512. The molecule has 2 N–H and O–H groups in total. The second-order valence-electron chi connectivity index (χ2n) is 6.83. The average molecular weight is 343 g/mol. The van der Waals surface area contributed by atoms with E-state index in [-0.39, 0.29) is 24.3 Å². The summed E-state index contributed by atoms with van der Waals surface area (Å²) in [5.41, 5.74) is -0.548. The molecule has 1 rings (SSSR count). The van der Waals surface area contributed by atoms with Gasteiger partial charge in [0.1, 0.15) is 12.2 Å². The lowest BCUT2D eigenvalue weighted by Crippen LogP contribution is -2.47. The zero-order chi connectivity index (χ0) is 18.2. The van der Waals surface area contributed by atoms with Crippen LogP contribution in [0.15, 0.2) is 0 Å². The van der Waals surface area contributed by atoms with E-state index < -0.39 is 11.7 Å². The van der Waals surface area contributed by atoms with Crippen LogP contribution in [0.25, 0.3) is 0 Å². The Labute approximate surface area is 143 Å². The van der Waals surface area contributed by atoms with Gasteiger partial charge in [0.05, 0.1) is 5.92 Å². The van der Waals surface area contributed by atoms with Gasteiger partial charge >= 0.3 is 6.09 Å². The van der Waals surface area contributed by atoms with Crippen LogP contribution in [0, 0.1) is 5.92 Å². The van der Waals surface area contributed by atoms with Gasteiger partial charge in [-0.1, -0.05) is 0 Å². The highest BCUT2D eigenvalue weighted by Crippen LogP contribution is 2.16. The SMILES string of the molecule is COCC(=O)N1CCC[C@@H](C(=O)NCCNC(=O)OC(C)(C)C)C1. The van der Waals surface area contributed by atoms with Gasteiger partial charge in [-0.2, -0.15) is 0 Å². The van der Waals surface area contributed by atoms with Crippen molar-refractivity contribution < 1.29 is 23.9 Å². The number of carbonyl (C=O) groups excluding carboxylic acids is 3.